The van der Waals surface area contributed by atoms with E-state index in [1.807, 2.05) is 0 Å². The predicted octanol–water partition coefficient (Wildman–Crippen LogP) is 2.96. The van der Waals surface area contributed by atoms with Crippen molar-refractivity contribution in [2.24, 2.45) is 0 Å². The molecule has 106 valence electrons. The second-order valence-corrected chi connectivity index (χ2v) is 4.52. The molecule has 0 atom stereocenters. The van der Waals surface area contributed by atoms with Crippen molar-refractivity contribution in [3.63, 3.8) is 0 Å². The van der Waals surface area contributed by atoms with Gasteiger partial charge < -0.3 is 19.1 Å². The lowest BCUT2D eigenvalue weighted by atomic mass is 10.1. The average molecular weight is 346 g/mol. The molecule has 0 spiro atoms. The summed E-state index contributed by atoms with van der Waals surface area (Å²) in [6.07, 6.45) is 0. The maximum Gasteiger partial charge on any atom is 0.374 e. The fourth-order valence-corrected chi connectivity index (χ4v) is 2.23. The molecule has 0 saturated carbocycles. The molecular formula is C12H9BrFNO5. The van der Waals surface area contributed by atoms with Gasteiger partial charge in [-0.3, -0.25) is 0 Å². The first-order valence-corrected chi connectivity index (χ1v) is 6.09. The lowest BCUT2D eigenvalue weighted by Crippen LogP contribution is -1.97. The van der Waals surface area contributed by atoms with Crippen molar-refractivity contribution >= 4 is 21.9 Å². The molecule has 0 unspecified atom stereocenters. The number of carboxylic acid groups (broad SMARTS) is 1. The molecule has 20 heavy (non-hydrogen) atoms. The van der Waals surface area contributed by atoms with Gasteiger partial charge in [-0.2, -0.15) is 0 Å². The van der Waals surface area contributed by atoms with Crippen LogP contribution in [0.15, 0.2) is 21.1 Å². The van der Waals surface area contributed by atoms with Crippen LogP contribution in [0.1, 0.15) is 10.6 Å². The van der Waals surface area contributed by atoms with Crippen molar-refractivity contribution in [3.05, 3.63) is 28.2 Å². The van der Waals surface area contributed by atoms with Gasteiger partial charge >= 0.3 is 5.97 Å². The Morgan fingerprint density at radius 2 is 2.10 bits per heavy atom. The van der Waals surface area contributed by atoms with E-state index >= 15 is 0 Å². The Hall–Kier alpha value is -2.09. The molecule has 0 saturated heterocycles. The minimum Gasteiger partial charge on any atom is -0.493 e. The number of ether oxygens (including phenoxy) is 2. The van der Waals surface area contributed by atoms with E-state index < -0.39 is 11.8 Å². The molecule has 0 amide bonds. The molecule has 0 bridgehead atoms. The number of carbonyl (C=O) groups is 1. The van der Waals surface area contributed by atoms with E-state index in [1.54, 1.807) is 0 Å². The fraction of sp³-hybridized carbons (Fsp3) is 0.167. The van der Waals surface area contributed by atoms with Crippen LogP contribution in [0.5, 0.6) is 11.5 Å². The summed E-state index contributed by atoms with van der Waals surface area (Å²) in [4.78, 5) is 10.8. The average Bonchev–Trinajstić information content (AvgIpc) is 2.87. The number of benzene rings is 1. The first-order chi connectivity index (χ1) is 9.49. The van der Waals surface area contributed by atoms with E-state index in [1.165, 1.54) is 20.3 Å². The highest BCUT2D eigenvalue weighted by Crippen LogP contribution is 2.41. The minimum absolute atomic E-state index is 0.0268. The van der Waals surface area contributed by atoms with Crippen LogP contribution < -0.4 is 9.47 Å². The zero-order valence-electron chi connectivity index (χ0n) is 10.4. The second kappa shape index (κ2) is 5.49. The highest BCUT2D eigenvalue weighted by Gasteiger charge is 2.23. The van der Waals surface area contributed by atoms with Crippen molar-refractivity contribution in [3.8, 4) is 22.8 Å². The second-order valence-electron chi connectivity index (χ2n) is 3.66. The predicted molar refractivity (Wildman–Crippen MR) is 69.7 cm³/mol. The van der Waals surface area contributed by atoms with Gasteiger partial charge in [-0.25, -0.2) is 9.18 Å². The molecule has 0 fully saturated rings. The Balaban J connectivity index is 2.64. The Bertz CT molecular complexity index is 670. The maximum absolute atomic E-state index is 14.4. The summed E-state index contributed by atoms with van der Waals surface area (Å²) in [5.74, 6) is -2.32. The van der Waals surface area contributed by atoms with Crippen molar-refractivity contribution in [1.82, 2.24) is 5.16 Å². The Morgan fingerprint density at radius 3 is 2.60 bits per heavy atom. The number of carboxylic acids is 1. The third-order valence-corrected chi connectivity index (χ3v) is 3.17. The highest BCUT2D eigenvalue weighted by atomic mass is 79.9. The number of aromatic nitrogens is 1. The summed E-state index contributed by atoms with van der Waals surface area (Å²) >= 11 is 3.18. The van der Waals surface area contributed by atoms with Crippen molar-refractivity contribution in [2.75, 3.05) is 14.2 Å². The van der Waals surface area contributed by atoms with Crippen LogP contribution in [0.25, 0.3) is 11.3 Å². The monoisotopic (exact) mass is 345 g/mol. The standard InChI is InChI=1S/C12H9BrFNO5/c1-18-7-3-5(13)9(10(14)11(7)19-2)6-4-8(12(16)17)20-15-6/h3-4H,1-2H3,(H,16,17). The molecule has 1 aromatic carbocycles. The summed E-state index contributed by atoms with van der Waals surface area (Å²) in [6.45, 7) is 0. The summed E-state index contributed by atoms with van der Waals surface area (Å²) in [5, 5.41) is 12.3. The zero-order valence-corrected chi connectivity index (χ0v) is 12.0. The fourth-order valence-electron chi connectivity index (χ4n) is 1.65. The van der Waals surface area contributed by atoms with Crippen LogP contribution in [-0.4, -0.2) is 30.5 Å². The number of hydrogen-bond donors (Lipinski definition) is 1. The topological polar surface area (TPSA) is 81.8 Å². The van der Waals surface area contributed by atoms with E-state index in [9.17, 15) is 9.18 Å². The molecule has 1 heterocycles. The van der Waals surface area contributed by atoms with Gasteiger partial charge in [-0.15, -0.1) is 0 Å². The van der Waals surface area contributed by atoms with Gasteiger partial charge in [0.1, 0.15) is 5.69 Å². The molecule has 6 nitrogen and oxygen atoms in total. The van der Waals surface area contributed by atoms with E-state index in [0.717, 1.165) is 6.07 Å². The lowest BCUT2D eigenvalue weighted by Gasteiger charge is -2.12. The van der Waals surface area contributed by atoms with Crippen molar-refractivity contribution in [1.29, 1.82) is 0 Å². The quantitative estimate of drug-likeness (QED) is 0.917. The Kier molecular flexibility index (Phi) is 3.93. The van der Waals surface area contributed by atoms with Crippen LogP contribution in [0.2, 0.25) is 0 Å². The SMILES string of the molecule is COc1cc(Br)c(-c2cc(C(=O)O)on2)c(F)c1OC. The van der Waals surface area contributed by atoms with Crippen molar-refractivity contribution in [2.45, 2.75) is 0 Å². The van der Waals surface area contributed by atoms with Crippen LogP contribution in [0, 0.1) is 5.82 Å². The molecule has 1 aromatic heterocycles. The first kappa shape index (κ1) is 14.3. The summed E-state index contributed by atoms with van der Waals surface area (Å²) in [7, 11) is 2.67. The molecule has 1 N–H and O–H groups in total. The molecule has 8 heteroatoms. The summed E-state index contributed by atoms with van der Waals surface area (Å²) in [6, 6.07) is 2.61. The normalized spacial score (nSPS) is 10.4. The molecule has 0 aliphatic heterocycles. The van der Waals surface area contributed by atoms with Gasteiger partial charge in [0.25, 0.3) is 0 Å². The van der Waals surface area contributed by atoms with Crippen LogP contribution in [-0.2, 0) is 0 Å². The van der Waals surface area contributed by atoms with E-state index in [0.29, 0.717) is 4.47 Å². The van der Waals surface area contributed by atoms with E-state index in [4.69, 9.17) is 14.6 Å². The Morgan fingerprint density at radius 1 is 1.40 bits per heavy atom. The third kappa shape index (κ3) is 2.34. The van der Waals surface area contributed by atoms with Gasteiger partial charge in [0.05, 0.1) is 19.8 Å². The molecule has 2 rings (SSSR count). The van der Waals surface area contributed by atoms with Crippen molar-refractivity contribution < 1.29 is 28.3 Å². The summed E-state index contributed by atoms with van der Waals surface area (Å²) in [5.41, 5.74) is 0.0617. The smallest absolute Gasteiger partial charge is 0.374 e. The third-order valence-electron chi connectivity index (χ3n) is 2.54. The number of nitrogens with zero attached hydrogens (tertiary/aromatic N) is 1. The van der Waals surface area contributed by atoms with Crippen LogP contribution in [0.4, 0.5) is 4.39 Å². The molecule has 0 aliphatic rings. The molecule has 2 aromatic rings. The number of aromatic carboxylic acids is 1. The zero-order chi connectivity index (χ0) is 14.9. The lowest BCUT2D eigenvalue weighted by molar-refractivity contribution is 0.0652. The maximum atomic E-state index is 14.4. The largest absolute Gasteiger partial charge is 0.493 e. The number of rotatable bonds is 4. The minimum atomic E-state index is -1.29. The Labute approximate surface area is 121 Å². The first-order valence-electron chi connectivity index (χ1n) is 5.30. The van der Waals surface area contributed by atoms with E-state index in [-0.39, 0.29) is 28.5 Å². The molecular weight excluding hydrogens is 337 g/mol. The number of hydrogen-bond acceptors (Lipinski definition) is 5. The van der Waals surface area contributed by atoms with Crippen LogP contribution >= 0.6 is 15.9 Å². The van der Waals surface area contributed by atoms with Gasteiger partial charge in [-0.05, 0) is 22.0 Å². The van der Waals surface area contributed by atoms with E-state index in [2.05, 4.69) is 25.6 Å². The molecule has 0 radical (unpaired) electrons. The summed E-state index contributed by atoms with van der Waals surface area (Å²) < 4.78 is 29.3. The van der Waals surface area contributed by atoms with Crippen LogP contribution in [0.3, 0.4) is 0 Å². The highest BCUT2D eigenvalue weighted by molar-refractivity contribution is 9.10. The van der Waals surface area contributed by atoms with Gasteiger partial charge in [-0.1, -0.05) is 5.16 Å². The molecule has 0 aliphatic carbocycles. The number of halogens is 2. The van der Waals surface area contributed by atoms with Gasteiger partial charge in [0.2, 0.25) is 5.76 Å². The van der Waals surface area contributed by atoms with Gasteiger partial charge in [0.15, 0.2) is 17.3 Å². The number of methoxy groups -OCH3 is 2. The van der Waals surface area contributed by atoms with Gasteiger partial charge in [0, 0.05) is 10.5 Å².